The lowest BCUT2D eigenvalue weighted by Crippen LogP contribution is -2.24. The van der Waals surface area contributed by atoms with Gasteiger partial charge in [0.25, 0.3) is 0 Å². The van der Waals surface area contributed by atoms with Crippen LogP contribution in [0.3, 0.4) is 0 Å². The van der Waals surface area contributed by atoms with Crippen molar-refractivity contribution in [2.45, 2.75) is 64.0 Å². The van der Waals surface area contributed by atoms with Gasteiger partial charge in [0, 0.05) is 12.1 Å². The van der Waals surface area contributed by atoms with Crippen molar-refractivity contribution < 1.29 is 5.11 Å². The van der Waals surface area contributed by atoms with E-state index in [1.54, 1.807) is 0 Å². The van der Waals surface area contributed by atoms with Crippen LogP contribution in [0.1, 0.15) is 57.3 Å². The van der Waals surface area contributed by atoms with Gasteiger partial charge in [-0.3, -0.25) is 0 Å². The van der Waals surface area contributed by atoms with E-state index in [9.17, 15) is 5.11 Å². The Kier molecular flexibility index (Phi) is 4.15. The van der Waals surface area contributed by atoms with E-state index in [1.165, 1.54) is 12.8 Å². The zero-order valence-corrected chi connectivity index (χ0v) is 12.8. The molecule has 114 valence electrons. The lowest BCUT2D eigenvalue weighted by atomic mass is 10.0. The first-order chi connectivity index (χ1) is 10.2. The normalized spacial score (nSPS) is 23.3. The highest BCUT2D eigenvalue weighted by molar-refractivity contribution is 5.79. The van der Waals surface area contributed by atoms with Crippen LogP contribution < -0.4 is 5.73 Å². The Balaban J connectivity index is 2.11. The van der Waals surface area contributed by atoms with E-state index in [-0.39, 0.29) is 12.1 Å². The number of hydrogen-bond donors (Lipinski definition) is 2. The third-order valence-corrected chi connectivity index (χ3v) is 4.54. The minimum absolute atomic E-state index is 0.155. The maximum Gasteiger partial charge on any atom is 0.110 e. The number of fused-ring (bicyclic) bond motifs is 1. The van der Waals surface area contributed by atoms with Gasteiger partial charge in [0.1, 0.15) is 5.82 Å². The van der Waals surface area contributed by atoms with Crippen molar-refractivity contribution >= 4 is 16.7 Å². The lowest BCUT2D eigenvalue weighted by molar-refractivity contribution is 0.106. The molecule has 0 bridgehead atoms. The number of imidazole rings is 1. The Morgan fingerprint density at radius 1 is 1.29 bits per heavy atom. The maximum absolute atomic E-state index is 10.6. The molecule has 1 fully saturated rings. The molecular formula is C17H25N3O. The average molecular weight is 287 g/mol. The van der Waals surface area contributed by atoms with Gasteiger partial charge >= 0.3 is 0 Å². The van der Waals surface area contributed by atoms with Gasteiger partial charge in [0.05, 0.1) is 23.2 Å². The summed E-state index contributed by atoms with van der Waals surface area (Å²) in [6.45, 7) is 2.17. The molecule has 1 aliphatic carbocycles. The first-order valence-electron chi connectivity index (χ1n) is 8.15. The summed E-state index contributed by atoms with van der Waals surface area (Å²) < 4.78 is 2.29. The predicted molar refractivity (Wildman–Crippen MR) is 86.3 cm³/mol. The summed E-state index contributed by atoms with van der Waals surface area (Å²) in [5.74, 6) is 1.09. The quantitative estimate of drug-likeness (QED) is 0.671. The zero-order chi connectivity index (χ0) is 14.8. The van der Waals surface area contributed by atoms with Gasteiger partial charge in [-0.15, -0.1) is 0 Å². The van der Waals surface area contributed by atoms with E-state index in [1.807, 2.05) is 12.1 Å². The summed E-state index contributed by atoms with van der Waals surface area (Å²) in [5.41, 5.74) is 8.70. The van der Waals surface area contributed by atoms with E-state index >= 15 is 0 Å². The Hall–Kier alpha value is -1.55. The molecule has 1 saturated carbocycles. The Morgan fingerprint density at radius 2 is 2.10 bits per heavy atom. The third kappa shape index (κ3) is 2.77. The molecule has 4 heteroatoms. The number of anilines is 1. The van der Waals surface area contributed by atoms with Gasteiger partial charge in [0.15, 0.2) is 0 Å². The van der Waals surface area contributed by atoms with Gasteiger partial charge < -0.3 is 15.4 Å². The van der Waals surface area contributed by atoms with Gasteiger partial charge in [-0.2, -0.15) is 0 Å². The van der Waals surface area contributed by atoms with Crippen LogP contribution in [-0.4, -0.2) is 20.8 Å². The summed E-state index contributed by atoms with van der Waals surface area (Å²) in [5, 5.41) is 10.6. The summed E-state index contributed by atoms with van der Waals surface area (Å²) in [7, 11) is 0. The molecule has 0 saturated heterocycles. The van der Waals surface area contributed by atoms with Crippen LogP contribution in [0.4, 0.5) is 5.69 Å². The fourth-order valence-corrected chi connectivity index (χ4v) is 3.51. The van der Waals surface area contributed by atoms with E-state index in [4.69, 9.17) is 10.7 Å². The number of aryl methyl sites for hydroxylation is 1. The first kappa shape index (κ1) is 14.4. The van der Waals surface area contributed by atoms with Crippen molar-refractivity contribution in [3.05, 3.63) is 24.0 Å². The van der Waals surface area contributed by atoms with Gasteiger partial charge in [-0.05, 0) is 37.5 Å². The van der Waals surface area contributed by atoms with Crippen molar-refractivity contribution in [3.8, 4) is 0 Å². The largest absolute Gasteiger partial charge is 0.399 e. The van der Waals surface area contributed by atoms with Gasteiger partial charge in [-0.1, -0.05) is 26.2 Å². The molecule has 1 aliphatic rings. The van der Waals surface area contributed by atoms with E-state index < -0.39 is 0 Å². The van der Waals surface area contributed by atoms with Crippen molar-refractivity contribution in [1.29, 1.82) is 0 Å². The second-order valence-electron chi connectivity index (χ2n) is 6.17. The summed E-state index contributed by atoms with van der Waals surface area (Å²) in [6.07, 6.45) is 7.19. The molecule has 2 atom stereocenters. The third-order valence-electron chi connectivity index (χ3n) is 4.54. The fraction of sp³-hybridized carbons (Fsp3) is 0.588. The van der Waals surface area contributed by atoms with E-state index in [2.05, 4.69) is 17.6 Å². The molecule has 2 unspecified atom stereocenters. The molecule has 0 spiro atoms. The van der Waals surface area contributed by atoms with Crippen LogP contribution >= 0.6 is 0 Å². The van der Waals surface area contributed by atoms with Crippen molar-refractivity contribution in [1.82, 2.24) is 9.55 Å². The van der Waals surface area contributed by atoms with Crippen molar-refractivity contribution in [2.24, 2.45) is 0 Å². The van der Waals surface area contributed by atoms with E-state index in [0.29, 0.717) is 0 Å². The molecule has 0 radical (unpaired) electrons. The van der Waals surface area contributed by atoms with Crippen LogP contribution in [0.2, 0.25) is 0 Å². The zero-order valence-electron chi connectivity index (χ0n) is 12.8. The summed E-state index contributed by atoms with van der Waals surface area (Å²) in [6, 6.07) is 6.07. The minimum Gasteiger partial charge on any atom is -0.399 e. The SMILES string of the molecule is CCCc1nc2cc(N)ccc2n1C1CCCCCC1O. The van der Waals surface area contributed by atoms with Crippen LogP contribution in [0.15, 0.2) is 18.2 Å². The number of aliphatic hydroxyl groups is 1. The molecule has 3 rings (SSSR count). The second kappa shape index (κ2) is 6.06. The highest BCUT2D eigenvalue weighted by atomic mass is 16.3. The molecule has 1 heterocycles. The monoisotopic (exact) mass is 287 g/mol. The summed E-state index contributed by atoms with van der Waals surface area (Å²) >= 11 is 0. The molecule has 1 aromatic carbocycles. The lowest BCUT2D eigenvalue weighted by Gasteiger charge is -2.25. The topological polar surface area (TPSA) is 64.1 Å². The predicted octanol–water partition coefficient (Wildman–Crippen LogP) is 3.44. The molecule has 21 heavy (non-hydrogen) atoms. The molecule has 0 aliphatic heterocycles. The van der Waals surface area contributed by atoms with Crippen molar-refractivity contribution in [3.63, 3.8) is 0 Å². The van der Waals surface area contributed by atoms with Gasteiger partial charge in [0.2, 0.25) is 0 Å². The molecule has 2 aromatic rings. The number of nitrogens with zero attached hydrogens (tertiary/aromatic N) is 2. The number of hydrogen-bond acceptors (Lipinski definition) is 3. The number of nitrogens with two attached hydrogens (primary N) is 1. The average Bonchev–Trinajstić information content (AvgIpc) is 2.65. The number of aliphatic hydroxyl groups excluding tert-OH is 1. The van der Waals surface area contributed by atoms with Crippen LogP contribution in [-0.2, 0) is 6.42 Å². The molecule has 4 nitrogen and oxygen atoms in total. The van der Waals surface area contributed by atoms with E-state index in [0.717, 1.165) is 54.6 Å². The number of nitrogen functional groups attached to an aromatic ring is 1. The fourth-order valence-electron chi connectivity index (χ4n) is 3.51. The molecule has 3 N–H and O–H groups in total. The Bertz CT molecular complexity index is 620. The molecule has 0 amide bonds. The Morgan fingerprint density at radius 3 is 2.90 bits per heavy atom. The second-order valence-corrected chi connectivity index (χ2v) is 6.17. The van der Waals surface area contributed by atoms with Crippen LogP contribution in [0.5, 0.6) is 0 Å². The van der Waals surface area contributed by atoms with Crippen LogP contribution in [0.25, 0.3) is 11.0 Å². The Labute approximate surface area is 126 Å². The van der Waals surface area contributed by atoms with Crippen LogP contribution in [0, 0.1) is 0 Å². The highest BCUT2D eigenvalue weighted by Gasteiger charge is 2.26. The highest BCUT2D eigenvalue weighted by Crippen LogP contribution is 2.33. The standard InChI is InChI=1S/C17H25N3O/c1-2-6-17-19-13-11-12(18)9-10-14(13)20(17)15-7-4-3-5-8-16(15)21/h9-11,15-16,21H,2-8,18H2,1H3. The summed E-state index contributed by atoms with van der Waals surface area (Å²) in [4.78, 5) is 4.78. The van der Waals surface area contributed by atoms with Gasteiger partial charge in [-0.25, -0.2) is 4.98 Å². The smallest absolute Gasteiger partial charge is 0.110 e. The maximum atomic E-state index is 10.6. The molecule has 1 aromatic heterocycles. The minimum atomic E-state index is -0.266. The number of aromatic nitrogens is 2. The molecular weight excluding hydrogens is 262 g/mol. The first-order valence-corrected chi connectivity index (χ1v) is 8.15. The number of rotatable bonds is 3. The number of benzene rings is 1. The van der Waals surface area contributed by atoms with Crippen molar-refractivity contribution in [2.75, 3.05) is 5.73 Å².